The summed E-state index contributed by atoms with van der Waals surface area (Å²) >= 11 is 0. The Morgan fingerprint density at radius 1 is 1.37 bits per heavy atom. The molecular weight excluding hydrogens is 260 g/mol. The van der Waals surface area contributed by atoms with Crippen LogP contribution in [-0.2, 0) is 9.22 Å². The van der Waals surface area contributed by atoms with Crippen LogP contribution in [0, 0.1) is 17.3 Å². The quantitative estimate of drug-likeness (QED) is 0.782. The first-order chi connectivity index (χ1) is 8.43. The number of aliphatic hydroxyl groups excluding tert-OH is 1. The van der Waals surface area contributed by atoms with Crippen LogP contribution in [0.5, 0.6) is 0 Å². The van der Waals surface area contributed by atoms with E-state index in [1.54, 1.807) is 0 Å². The summed E-state index contributed by atoms with van der Waals surface area (Å²) in [5.74, 6) is -1.36. The highest BCUT2D eigenvalue weighted by Crippen LogP contribution is 2.69. The zero-order valence-electron chi connectivity index (χ0n) is 12.7. The van der Waals surface area contributed by atoms with E-state index in [4.69, 9.17) is 4.43 Å². The second-order valence-electron chi connectivity index (χ2n) is 7.88. The Bertz CT molecular complexity index is 401. The number of rotatable bonds is 3. The molecule has 2 N–H and O–H groups in total. The van der Waals surface area contributed by atoms with Gasteiger partial charge in [-0.2, -0.15) is 0 Å². The topological polar surface area (TPSA) is 66.8 Å². The smallest absolute Gasteiger partial charge is 0.307 e. The number of carboxylic acids is 1. The standard InChI is InChI=1S/C14H26O4Si/c1-13(2,3)19(5,6)18-9-7-8(15)10-11(12(16)17)14(9,10)4/h8-11,15H,7H2,1-6H3,(H,16,17)/t8-,9+,10+,11+,14-/m0/s1. The molecule has 0 aromatic heterocycles. The molecule has 0 aliphatic heterocycles. The van der Waals surface area contributed by atoms with E-state index in [-0.39, 0.29) is 22.5 Å². The van der Waals surface area contributed by atoms with E-state index in [1.807, 2.05) is 6.92 Å². The summed E-state index contributed by atoms with van der Waals surface area (Å²) in [6, 6.07) is 0. The van der Waals surface area contributed by atoms with Crippen LogP contribution in [0.2, 0.25) is 18.1 Å². The Morgan fingerprint density at radius 3 is 2.26 bits per heavy atom. The monoisotopic (exact) mass is 286 g/mol. The Labute approximate surface area is 116 Å². The maximum absolute atomic E-state index is 11.3. The van der Waals surface area contributed by atoms with Crippen LogP contribution in [-0.4, -0.2) is 36.7 Å². The van der Waals surface area contributed by atoms with Crippen LogP contribution in [0.4, 0.5) is 0 Å². The van der Waals surface area contributed by atoms with Gasteiger partial charge in [-0.05, 0) is 24.6 Å². The van der Waals surface area contributed by atoms with E-state index < -0.39 is 26.3 Å². The van der Waals surface area contributed by atoms with Crippen LogP contribution in [0.1, 0.15) is 34.1 Å². The minimum atomic E-state index is -1.93. The third-order valence-electron chi connectivity index (χ3n) is 5.71. The molecule has 0 radical (unpaired) electrons. The zero-order chi connectivity index (χ0) is 14.8. The van der Waals surface area contributed by atoms with Crippen molar-refractivity contribution in [2.45, 2.75) is 64.5 Å². The fourth-order valence-corrected chi connectivity index (χ4v) is 4.78. The number of aliphatic carboxylic acids is 1. The highest BCUT2D eigenvalue weighted by molar-refractivity contribution is 6.74. The van der Waals surface area contributed by atoms with Gasteiger partial charge in [-0.3, -0.25) is 4.79 Å². The summed E-state index contributed by atoms with van der Waals surface area (Å²) in [5.41, 5.74) is -0.374. The fourth-order valence-electron chi connectivity index (χ4n) is 3.37. The molecule has 2 fully saturated rings. The lowest BCUT2D eigenvalue weighted by molar-refractivity contribution is -0.141. The molecule has 2 aliphatic rings. The van der Waals surface area contributed by atoms with Gasteiger partial charge in [-0.1, -0.05) is 27.7 Å². The minimum Gasteiger partial charge on any atom is -0.481 e. The van der Waals surface area contributed by atoms with Gasteiger partial charge >= 0.3 is 5.97 Å². The maximum Gasteiger partial charge on any atom is 0.307 e. The second kappa shape index (κ2) is 4.05. The molecule has 0 heterocycles. The van der Waals surface area contributed by atoms with Crippen molar-refractivity contribution in [3.63, 3.8) is 0 Å². The first-order valence-corrected chi connectivity index (χ1v) is 9.92. The largest absolute Gasteiger partial charge is 0.481 e. The Hall–Kier alpha value is -0.393. The summed E-state index contributed by atoms with van der Waals surface area (Å²) in [6.07, 6.45) is -0.0624. The van der Waals surface area contributed by atoms with Gasteiger partial charge in [0.15, 0.2) is 8.32 Å². The van der Waals surface area contributed by atoms with Gasteiger partial charge in [0, 0.05) is 11.3 Å². The Morgan fingerprint density at radius 2 is 1.89 bits per heavy atom. The summed E-state index contributed by atoms with van der Waals surface area (Å²) < 4.78 is 6.39. The van der Waals surface area contributed by atoms with E-state index in [9.17, 15) is 15.0 Å². The minimum absolute atomic E-state index is 0.0972. The molecule has 0 saturated heterocycles. The number of fused-ring (bicyclic) bond motifs is 1. The molecule has 0 unspecified atom stereocenters. The SMILES string of the molecule is CC(C)(C)[Si](C)(C)O[C@@H]1C[C@H](O)[C@@H]2[C@H](C(=O)O)[C@]21C. The molecular formula is C14H26O4Si. The molecule has 110 valence electrons. The molecule has 2 saturated carbocycles. The second-order valence-corrected chi connectivity index (χ2v) is 12.6. The summed E-state index contributed by atoms with van der Waals surface area (Å²) in [5, 5.41) is 19.4. The van der Waals surface area contributed by atoms with Crippen molar-refractivity contribution in [2.24, 2.45) is 17.3 Å². The van der Waals surface area contributed by atoms with Crippen molar-refractivity contribution in [3.05, 3.63) is 0 Å². The summed E-state index contributed by atoms with van der Waals surface area (Å²) in [6.45, 7) is 12.8. The number of aliphatic hydroxyl groups is 1. The lowest BCUT2D eigenvalue weighted by Crippen LogP contribution is -2.46. The molecule has 4 nitrogen and oxygen atoms in total. The van der Waals surface area contributed by atoms with Gasteiger partial charge in [0.1, 0.15) is 0 Å². The lowest BCUT2D eigenvalue weighted by Gasteiger charge is -2.40. The molecule has 2 aliphatic carbocycles. The van der Waals surface area contributed by atoms with Gasteiger partial charge in [0.25, 0.3) is 0 Å². The average molecular weight is 286 g/mol. The molecule has 0 aromatic carbocycles. The number of hydrogen-bond donors (Lipinski definition) is 2. The summed E-state index contributed by atoms with van der Waals surface area (Å²) in [7, 11) is -1.93. The number of carbonyl (C=O) groups is 1. The van der Waals surface area contributed by atoms with E-state index in [1.165, 1.54) is 0 Å². The van der Waals surface area contributed by atoms with Crippen molar-refractivity contribution in [2.75, 3.05) is 0 Å². The van der Waals surface area contributed by atoms with Gasteiger partial charge < -0.3 is 14.6 Å². The first kappa shape index (κ1) is 15.0. The summed E-state index contributed by atoms with van der Waals surface area (Å²) in [4.78, 5) is 11.3. The zero-order valence-corrected chi connectivity index (χ0v) is 13.7. The highest BCUT2D eigenvalue weighted by atomic mass is 28.4. The average Bonchev–Trinajstić information content (AvgIpc) is 2.76. The molecule has 0 bridgehead atoms. The predicted molar refractivity (Wildman–Crippen MR) is 75.4 cm³/mol. The van der Waals surface area contributed by atoms with Crippen LogP contribution in [0.15, 0.2) is 0 Å². The van der Waals surface area contributed by atoms with Gasteiger partial charge in [0.05, 0.1) is 18.1 Å². The van der Waals surface area contributed by atoms with Crippen molar-refractivity contribution >= 4 is 14.3 Å². The van der Waals surface area contributed by atoms with E-state index >= 15 is 0 Å². The van der Waals surface area contributed by atoms with E-state index in [2.05, 4.69) is 33.9 Å². The van der Waals surface area contributed by atoms with Crippen LogP contribution in [0.3, 0.4) is 0 Å². The number of carboxylic acid groups (broad SMARTS) is 1. The van der Waals surface area contributed by atoms with Crippen LogP contribution >= 0.6 is 0 Å². The molecule has 5 atom stereocenters. The molecule has 0 spiro atoms. The van der Waals surface area contributed by atoms with Crippen molar-refractivity contribution in [1.29, 1.82) is 0 Å². The van der Waals surface area contributed by atoms with Gasteiger partial charge in [0.2, 0.25) is 0 Å². The normalized spacial score (nSPS) is 42.1. The van der Waals surface area contributed by atoms with Gasteiger partial charge in [-0.25, -0.2) is 0 Å². The van der Waals surface area contributed by atoms with Crippen molar-refractivity contribution < 1.29 is 19.4 Å². The fraction of sp³-hybridized carbons (Fsp3) is 0.929. The van der Waals surface area contributed by atoms with E-state index in [0.29, 0.717) is 6.42 Å². The molecule has 0 aromatic rings. The molecule has 0 amide bonds. The Balaban J connectivity index is 2.17. The highest BCUT2D eigenvalue weighted by Gasteiger charge is 2.76. The number of hydrogen-bond acceptors (Lipinski definition) is 3. The van der Waals surface area contributed by atoms with Crippen LogP contribution in [0.25, 0.3) is 0 Å². The lowest BCUT2D eigenvalue weighted by atomic mass is 9.99. The maximum atomic E-state index is 11.3. The van der Waals surface area contributed by atoms with Crippen molar-refractivity contribution in [3.8, 4) is 0 Å². The van der Waals surface area contributed by atoms with Crippen LogP contribution < -0.4 is 0 Å². The van der Waals surface area contributed by atoms with E-state index in [0.717, 1.165) is 0 Å². The molecule has 5 heteroatoms. The van der Waals surface area contributed by atoms with Gasteiger partial charge in [-0.15, -0.1) is 0 Å². The first-order valence-electron chi connectivity index (χ1n) is 7.01. The molecule has 19 heavy (non-hydrogen) atoms. The predicted octanol–water partition coefficient (Wildman–Crippen LogP) is 2.48. The Kier molecular flexibility index (Phi) is 3.20. The third-order valence-corrected chi connectivity index (χ3v) is 10.2. The van der Waals surface area contributed by atoms with Crippen molar-refractivity contribution in [1.82, 2.24) is 0 Å². The third kappa shape index (κ3) is 2.06. The molecule has 2 rings (SSSR count).